The minimum Gasteiger partial charge on any atom is -0.383 e. The van der Waals surface area contributed by atoms with Crippen molar-refractivity contribution < 1.29 is 9.53 Å². The molecule has 128 valence electrons. The summed E-state index contributed by atoms with van der Waals surface area (Å²) >= 11 is 0. The molecule has 1 N–H and O–H groups in total. The number of benzene rings is 2. The van der Waals surface area contributed by atoms with Crippen LogP contribution in [0.25, 0.3) is 10.9 Å². The second-order valence-corrected chi connectivity index (χ2v) is 6.21. The minimum atomic E-state index is -0.0837. The number of carbonyl (C=O) groups excluding carboxylic acids is 1. The summed E-state index contributed by atoms with van der Waals surface area (Å²) in [5.74, 6) is 0. The van der Waals surface area contributed by atoms with Gasteiger partial charge in [-0.25, -0.2) is 4.79 Å². The summed E-state index contributed by atoms with van der Waals surface area (Å²) in [6.07, 6.45) is 2.89. The summed E-state index contributed by atoms with van der Waals surface area (Å²) in [5.41, 5.74) is 4.15. The van der Waals surface area contributed by atoms with E-state index in [9.17, 15) is 4.79 Å². The van der Waals surface area contributed by atoms with Crippen LogP contribution in [0.4, 0.5) is 16.2 Å². The van der Waals surface area contributed by atoms with Crippen LogP contribution in [0.5, 0.6) is 0 Å². The molecule has 25 heavy (non-hydrogen) atoms. The summed E-state index contributed by atoms with van der Waals surface area (Å²) in [6, 6.07) is 16.1. The number of methoxy groups -OCH3 is 1. The Labute approximate surface area is 146 Å². The van der Waals surface area contributed by atoms with Crippen molar-refractivity contribution in [2.24, 2.45) is 0 Å². The van der Waals surface area contributed by atoms with Crippen LogP contribution < -0.4 is 10.2 Å². The number of anilines is 2. The first-order valence-corrected chi connectivity index (χ1v) is 8.51. The SMILES string of the molecule is COCCn1cc(NC(=O)N2CCc3ccccc32)c2ccccc21. The second kappa shape index (κ2) is 6.61. The number of nitrogens with zero attached hydrogens (tertiary/aromatic N) is 2. The standard InChI is InChI=1S/C20H21N3O2/c1-25-13-12-22-14-17(16-7-3-5-9-19(16)22)21-20(24)23-11-10-15-6-2-4-8-18(15)23/h2-9,14H,10-13H2,1H3,(H,21,24). The number of amides is 2. The largest absolute Gasteiger partial charge is 0.383 e. The van der Waals surface area contributed by atoms with E-state index >= 15 is 0 Å². The maximum Gasteiger partial charge on any atom is 0.326 e. The molecular formula is C20H21N3O2. The molecule has 1 aromatic heterocycles. The van der Waals surface area contributed by atoms with Gasteiger partial charge in [-0.15, -0.1) is 0 Å². The molecule has 0 spiro atoms. The third-order valence-corrected chi connectivity index (χ3v) is 4.70. The van der Waals surface area contributed by atoms with Crippen molar-refractivity contribution in [3.63, 3.8) is 0 Å². The summed E-state index contributed by atoms with van der Waals surface area (Å²) in [4.78, 5) is 14.6. The van der Waals surface area contributed by atoms with Gasteiger partial charge in [0.1, 0.15) is 0 Å². The molecule has 2 heterocycles. The van der Waals surface area contributed by atoms with Crippen molar-refractivity contribution in [1.82, 2.24) is 4.57 Å². The Balaban J connectivity index is 1.62. The van der Waals surface area contributed by atoms with E-state index in [4.69, 9.17) is 4.74 Å². The molecule has 5 nitrogen and oxygen atoms in total. The van der Waals surface area contributed by atoms with Crippen LogP contribution in [0.15, 0.2) is 54.7 Å². The molecule has 0 atom stereocenters. The lowest BCUT2D eigenvalue weighted by Crippen LogP contribution is -2.33. The number of nitrogens with one attached hydrogen (secondary N) is 1. The van der Waals surface area contributed by atoms with Gasteiger partial charge in [0.15, 0.2) is 0 Å². The number of aromatic nitrogens is 1. The van der Waals surface area contributed by atoms with Crippen LogP contribution in [0, 0.1) is 0 Å². The highest BCUT2D eigenvalue weighted by Gasteiger charge is 2.24. The van der Waals surface area contributed by atoms with Gasteiger partial charge in [-0.1, -0.05) is 36.4 Å². The maximum atomic E-state index is 12.8. The molecule has 1 aliphatic heterocycles. The smallest absolute Gasteiger partial charge is 0.326 e. The lowest BCUT2D eigenvalue weighted by atomic mass is 10.2. The molecule has 2 amide bonds. The normalized spacial score (nSPS) is 13.2. The number of urea groups is 1. The topological polar surface area (TPSA) is 46.5 Å². The van der Waals surface area contributed by atoms with Crippen LogP contribution in [0.2, 0.25) is 0 Å². The molecule has 0 unspecified atom stereocenters. The highest BCUT2D eigenvalue weighted by Crippen LogP contribution is 2.30. The van der Waals surface area contributed by atoms with E-state index in [0.29, 0.717) is 13.2 Å². The zero-order valence-electron chi connectivity index (χ0n) is 14.2. The first kappa shape index (κ1) is 15.7. The monoisotopic (exact) mass is 335 g/mol. The fourth-order valence-electron chi connectivity index (χ4n) is 3.45. The van der Waals surface area contributed by atoms with Crippen LogP contribution in [-0.2, 0) is 17.7 Å². The molecule has 2 aromatic carbocycles. The highest BCUT2D eigenvalue weighted by molar-refractivity contribution is 6.08. The molecule has 1 aliphatic rings. The molecule has 0 fully saturated rings. The van der Waals surface area contributed by atoms with Gasteiger partial charge in [0.2, 0.25) is 0 Å². The average Bonchev–Trinajstić information content (AvgIpc) is 3.22. The van der Waals surface area contributed by atoms with Crippen LogP contribution in [0.1, 0.15) is 5.56 Å². The van der Waals surface area contributed by atoms with Crippen LogP contribution >= 0.6 is 0 Å². The van der Waals surface area contributed by atoms with E-state index in [1.807, 2.05) is 47.5 Å². The Bertz CT molecular complexity index is 916. The van der Waals surface area contributed by atoms with Crippen molar-refractivity contribution in [3.8, 4) is 0 Å². The summed E-state index contributed by atoms with van der Waals surface area (Å²) in [5, 5.41) is 4.13. The van der Waals surface area contributed by atoms with Gasteiger partial charge in [0.05, 0.1) is 17.8 Å². The van der Waals surface area contributed by atoms with Gasteiger partial charge in [0, 0.05) is 37.5 Å². The Hall–Kier alpha value is -2.79. The molecule has 0 saturated carbocycles. The van der Waals surface area contributed by atoms with Gasteiger partial charge in [0.25, 0.3) is 0 Å². The van der Waals surface area contributed by atoms with E-state index < -0.39 is 0 Å². The Morgan fingerprint density at radius 3 is 2.84 bits per heavy atom. The predicted octanol–water partition coefficient (Wildman–Crippen LogP) is 3.88. The van der Waals surface area contributed by atoms with Crippen molar-refractivity contribution >= 4 is 28.3 Å². The molecule has 0 bridgehead atoms. The fraction of sp³-hybridized carbons (Fsp3) is 0.250. The Morgan fingerprint density at radius 1 is 1.16 bits per heavy atom. The quantitative estimate of drug-likeness (QED) is 0.786. The number of fused-ring (bicyclic) bond motifs is 2. The van der Waals surface area contributed by atoms with E-state index in [1.165, 1.54) is 5.56 Å². The number of rotatable bonds is 4. The Kier molecular flexibility index (Phi) is 4.15. The van der Waals surface area contributed by atoms with Crippen molar-refractivity contribution in [1.29, 1.82) is 0 Å². The number of carbonyl (C=O) groups is 1. The number of hydrogen-bond donors (Lipinski definition) is 1. The van der Waals surface area contributed by atoms with E-state index in [0.717, 1.165) is 35.2 Å². The predicted molar refractivity (Wildman–Crippen MR) is 100 cm³/mol. The number of ether oxygens (including phenoxy) is 1. The molecule has 4 rings (SSSR count). The number of hydrogen-bond acceptors (Lipinski definition) is 2. The molecule has 5 heteroatoms. The first-order chi connectivity index (χ1) is 12.3. The van der Waals surface area contributed by atoms with Crippen molar-refractivity contribution in [3.05, 3.63) is 60.3 Å². The molecule has 0 saturated heterocycles. The molecule has 3 aromatic rings. The lowest BCUT2D eigenvalue weighted by molar-refractivity contribution is 0.188. The fourth-order valence-corrected chi connectivity index (χ4v) is 3.45. The van der Waals surface area contributed by atoms with E-state index in [-0.39, 0.29) is 6.03 Å². The van der Waals surface area contributed by atoms with Crippen LogP contribution in [0.3, 0.4) is 0 Å². The lowest BCUT2D eigenvalue weighted by Gasteiger charge is -2.17. The number of para-hydroxylation sites is 2. The highest BCUT2D eigenvalue weighted by atomic mass is 16.5. The average molecular weight is 335 g/mol. The summed E-state index contributed by atoms with van der Waals surface area (Å²) < 4.78 is 7.31. The van der Waals surface area contributed by atoms with Gasteiger partial charge in [-0.05, 0) is 24.1 Å². The minimum absolute atomic E-state index is 0.0837. The summed E-state index contributed by atoms with van der Waals surface area (Å²) in [6.45, 7) is 2.10. The molecular weight excluding hydrogens is 314 g/mol. The molecule has 0 radical (unpaired) electrons. The zero-order chi connectivity index (χ0) is 17.2. The maximum absolute atomic E-state index is 12.8. The van der Waals surface area contributed by atoms with E-state index in [1.54, 1.807) is 7.11 Å². The van der Waals surface area contributed by atoms with E-state index in [2.05, 4.69) is 22.0 Å². The van der Waals surface area contributed by atoms with Gasteiger partial charge in [-0.3, -0.25) is 4.90 Å². The first-order valence-electron chi connectivity index (χ1n) is 8.51. The van der Waals surface area contributed by atoms with Gasteiger partial charge < -0.3 is 14.6 Å². The third kappa shape index (κ3) is 2.87. The third-order valence-electron chi connectivity index (χ3n) is 4.70. The molecule has 0 aliphatic carbocycles. The van der Waals surface area contributed by atoms with Crippen LogP contribution in [-0.4, -0.2) is 30.9 Å². The van der Waals surface area contributed by atoms with Gasteiger partial charge >= 0.3 is 6.03 Å². The van der Waals surface area contributed by atoms with Crippen molar-refractivity contribution in [2.75, 3.05) is 30.5 Å². The van der Waals surface area contributed by atoms with Crippen molar-refractivity contribution in [2.45, 2.75) is 13.0 Å². The second-order valence-electron chi connectivity index (χ2n) is 6.21. The Morgan fingerprint density at radius 2 is 1.96 bits per heavy atom. The zero-order valence-corrected chi connectivity index (χ0v) is 14.2. The van der Waals surface area contributed by atoms with Gasteiger partial charge in [-0.2, -0.15) is 0 Å². The summed E-state index contributed by atoms with van der Waals surface area (Å²) in [7, 11) is 1.69.